The summed E-state index contributed by atoms with van der Waals surface area (Å²) < 4.78 is 0.713. The van der Waals surface area contributed by atoms with Crippen molar-refractivity contribution in [1.29, 1.82) is 0 Å². The van der Waals surface area contributed by atoms with Crippen LogP contribution in [0.25, 0.3) is 0 Å². The quantitative estimate of drug-likeness (QED) is 0.651. The first-order valence-corrected chi connectivity index (χ1v) is 8.17. The van der Waals surface area contributed by atoms with Gasteiger partial charge in [-0.25, -0.2) is 0 Å². The summed E-state index contributed by atoms with van der Waals surface area (Å²) in [7, 11) is 0. The third-order valence-corrected chi connectivity index (χ3v) is 5.08. The summed E-state index contributed by atoms with van der Waals surface area (Å²) in [6, 6.07) is 21.7. The highest BCUT2D eigenvalue weighted by Gasteiger charge is 2.37. The van der Waals surface area contributed by atoms with Gasteiger partial charge in [0.15, 0.2) is 0 Å². The molecule has 0 aliphatic carbocycles. The molecule has 3 heteroatoms. The number of rotatable bonds is 2. The van der Waals surface area contributed by atoms with E-state index in [0.717, 1.165) is 25.9 Å². The molecule has 1 fully saturated rings. The maximum absolute atomic E-state index is 5.21. The number of likely N-dealkylation sites (tertiary alicyclic amines) is 1. The molecule has 2 aromatic carbocycles. The zero-order valence-corrected chi connectivity index (χ0v) is 13.6. The molecule has 0 unspecified atom stereocenters. The molecule has 0 radical (unpaired) electrons. The summed E-state index contributed by atoms with van der Waals surface area (Å²) in [6.45, 7) is 1.93. The van der Waals surface area contributed by atoms with Crippen LogP contribution in [-0.2, 0) is 5.41 Å². The van der Waals surface area contributed by atoms with Gasteiger partial charge in [0.1, 0.15) is 4.32 Å². The van der Waals surface area contributed by atoms with Crippen LogP contribution in [0.3, 0.4) is 0 Å². The molecule has 1 aliphatic rings. The van der Waals surface area contributed by atoms with Crippen LogP contribution in [0.15, 0.2) is 60.7 Å². The monoisotopic (exact) mass is 313 g/mol. The van der Waals surface area contributed by atoms with Gasteiger partial charge in [0.25, 0.3) is 0 Å². The van der Waals surface area contributed by atoms with E-state index in [1.165, 1.54) is 11.1 Å². The minimum Gasteiger partial charge on any atom is -0.358 e. The predicted octanol–water partition coefficient (Wildman–Crippen LogP) is 4.28. The molecule has 21 heavy (non-hydrogen) atoms. The molecule has 0 aromatic heterocycles. The van der Waals surface area contributed by atoms with Crippen molar-refractivity contribution in [3.05, 3.63) is 71.8 Å². The van der Waals surface area contributed by atoms with Gasteiger partial charge < -0.3 is 4.90 Å². The third-order valence-electron chi connectivity index (χ3n) is 4.54. The van der Waals surface area contributed by atoms with Gasteiger partial charge in [-0.1, -0.05) is 72.9 Å². The lowest BCUT2D eigenvalue weighted by molar-refractivity contribution is 0.264. The summed E-state index contributed by atoms with van der Waals surface area (Å²) in [5.74, 6) is 0. The number of hydrogen-bond donors (Lipinski definition) is 1. The summed E-state index contributed by atoms with van der Waals surface area (Å²) in [6.07, 6.45) is 2.14. The van der Waals surface area contributed by atoms with E-state index in [1.807, 2.05) is 0 Å². The molecular formula is C18H19NS2. The lowest BCUT2D eigenvalue weighted by Gasteiger charge is -2.43. The standard InChI is InChI=1S/C18H19NS2/c20-17(21)19-13-11-18(12-14-19,15-7-3-1-4-8-15)16-9-5-2-6-10-16/h1-10H,11-14H2,(H,20,21). The van der Waals surface area contributed by atoms with E-state index < -0.39 is 0 Å². The van der Waals surface area contributed by atoms with Crippen LogP contribution in [0, 0.1) is 0 Å². The van der Waals surface area contributed by atoms with Gasteiger partial charge >= 0.3 is 0 Å². The topological polar surface area (TPSA) is 3.24 Å². The lowest BCUT2D eigenvalue weighted by Crippen LogP contribution is -2.44. The van der Waals surface area contributed by atoms with Crippen LogP contribution in [0.2, 0.25) is 0 Å². The van der Waals surface area contributed by atoms with Crippen molar-refractivity contribution in [2.24, 2.45) is 0 Å². The van der Waals surface area contributed by atoms with Gasteiger partial charge in [-0.3, -0.25) is 0 Å². The molecule has 0 N–H and O–H groups in total. The molecule has 0 bridgehead atoms. The highest BCUT2D eigenvalue weighted by molar-refractivity contribution is 8.10. The smallest absolute Gasteiger partial charge is 0.133 e. The lowest BCUT2D eigenvalue weighted by atomic mass is 9.68. The molecule has 1 aliphatic heterocycles. The van der Waals surface area contributed by atoms with Crippen LogP contribution in [0.5, 0.6) is 0 Å². The van der Waals surface area contributed by atoms with E-state index in [-0.39, 0.29) is 5.41 Å². The Kier molecular flexibility index (Phi) is 4.32. The Morgan fingerprint density at radius 1 is 0.857 bits per heavy atom. The molecule has 3 rings (SSSR count). The molecule has 1 saturated heterocycles. The van der Waals surface area contributed by atoms with Gasteiger partial charge in [-0.15, -0.1) is 12.6 Å². The maximum Gasteiger partial charge on any atom is 0.133 e. The second kappa shape index (κ2) is 6.20. The molecule has 1 nitrogen and oxygen atoms in total. The van der Waals surface area contributed by atoms with Crippen LogP contribution >= 0.6 is 24.8 Å². The number of nitrogens with zero attached hydrogens (tertiary/aromatic N) is 1. The Labute approximate surface area is 137 Å². The molecular weight excluding hydrogens is 294 g/mol. The Balaban J connectivity index is 2.00. The molecule has 0 amide bonds. The van der Waals surface area contributed by atoms with Gasteiger partial charge in [-0.2, -0.15) is 0 Å². The molecule has 0 atom stereocenters. The number of thiol groups is 1. The average molecular weight is 313 g/mol. The molecule has 108 valence electrons. The number of thiocarbonyl (C=S) groups is 1. The summed E-state index contributed by atoms with van der Waals surface area (Å²) >= 11 is 9.54. The first-order valence-electron chi connectivity index (χ1n) is 7.31. The van der Waals surface area contributed by atoms with Crippen LogP contribution in [0.4, 0.5) is 0 Å². The van der Waals surface area contributed by atoms with E-state index in [4.69, 9.17) is 12.2 Å². The SMILES string of the molecule is S=C(S)N1CCC(c2ccccc2)(c2ccccc2)CC1. The van der Waals surface area contributed by atoms with E-state index >= 15 is 0 Å². The molecule has 2 aromatic rings. The molecule has 1 heterocycles. The highest BCUT2D eigenvalue weighted by Crippen LogP contribution is 2.41. The van der Waals surface area contributed by atoms with Crippen molar-refractivity contribution in [3.63, 3.8) is 0 Å². The summed E-state index contributed by atoms with van der Waals surface area (Å²) in [4.78, 5) is 2.20. The first-order chi connectivity index (χ1) is 10.2. The van der Waals surface area contributed by atoms with E-state index in [1.54, 1.807) is 0 Å². The van der Waals surface area contributed by atoms with Crippen molar-refractivity contribution < 1.29 is 0 Å². The van der Waals surface area contributed by atoms with Crippen molar-refractivity contribution in [2.45, 2.75) is 18.3 Å². The molecule has 0 spiro atoms. The molecule has 0 saturated carbocycles. The summed E-state index contributed by atoms with van der Waals surface area (Å²) in [5.41, 5.74) is 2.90. The number of hydrogen-bond acceptors (Lipinski definition) is 1. The third kappa shape index (κ3) is 2.85. The van der Waals surface area contributed by atoms with E-state index in [2.05, 4.69) is 78.2 Å². The van der Waals surface area contributed by atoms with Crippen molar-refractivity contribution in [2.75, 3.05) is 13.1 Å². The van der Waals surface area contributed by atoms with Gasteiger partial charge in [0.05, 0.1) is 0 Å². The Morgan fingerprint density at radius 2 is 1.29 bits per heavy atom. The fourth-order valence-electron chi connectivity index (χ4n) is 3.34. The van der Waals surface area contributed by atoms with Crippen molar-refractivity contribution in [1.82, 2.24) is 4.90 Å². The van der Waals surface area contributed by atoms with E-state index in [9.17, 15) is 0 Å². The van der Waals surface area contributed by atoms with Crippen LogP contribution < -0.4 is 0 Å². The van der Waals surface area contributed by atoms with Gasteiger partial charge in [-0.05, 0) is 24.0 Å². The van der Waals surface area contributed by atoms with Gasteiger partial charge in [0, 0.05) is 18.5 Å². The zero-order chi connectivity index (χ0) is 14.7. The van der Waals surface area contributed by atoms with Crippen LogP contribution in [-0.4, -0.2) is 22.3 Å². The Morgan fingerprint density at radius 3 is 1.67 bits per heavy atom. The predicted molar refractivity (Wildman–Crippen MR) is 96.1 cm³/mol. The zero-order valence-electron chi connectivity index (χ0n) is 11.9. The highest BCUT2D eigenvalue weighted by atomic mass is 32.1. The minimum absolute atomic E-state index is 0.0948. The number of piperidine rings is 1. The fourth-order valence-corrected chi connectivity index (χ4v) is 3.72. The minimum atomic E-state index is 0.0948. The van der Waals surface area contributed by atoms with E-state index in [0.29, 0.717) is 4.32 Å². The summed E-state index contributed by atoms with van der Waals surface area (Å²) in [5, 5.41) is 0. The fraction of sp³-hybridized carbons (Fsp3) is 0.278. The largest absolute Gasteiger partial charge is 0.358 e. The van der Waals surface area contributed by atoms with Crippen molar-refractivity contribution in [3.8, 4) is 0 Å². The van der Waals surface area contributed by atoms with Crippen molar-refractivity contribution >= 4 is 29.2 Å². The second-order valence-electron chi connectivity index (χ2n) is 5.58. The van der Waals surface area contributed by atoms with Gasteiger partial charge in [0.2, 0.25) is 0 Å². The number of benzene rings is 2. The Bertz CT molecular complexity index is 560. The second-order valence-corrected chi connectivity index (χ2v) is 6.70. The van der Waals surface area contributed by atoms with Crippen LogP contribution in [0.1, 0.15) is 24.0 Å². The Hall–Kier alpha value is -1.32. The normalized spacial score (nSPS) is 17.5. The first kappa shape index (κ1) is 14.6. The maximum atomic E-state index is 5.21. The average Bonchev–Trinajstić information content (AvgIpc) is 2.56.